The number of nitrogens with two attached hydrogens (primary N) is 1. The van der Waals surface area contributed by atoms with Gasteiger partial charge in [-0.25, -0.2) is 0 Å². The fraction of sp³-hybridized carbons (Fsp3) is 0.889. The molecule has 4 heteroatoms. The molecule has 0 aromatic carbocycles. The van der Waals surface area contributed by atoms with E-state index in [9.17, 15) is 9.59 Å². The van der Waals surface area contributed by atoms with Crippen LogP contribution < -0.4 is 11.1 Å². The van der Waals surface area contributed by atoms with Crippen molar-refractivity contribution in [3.05, 3.63) is 12.2 Å². The maximum atomic E-state index is 12.2. The van der Waals surface area contributed by atoms with Crippen LogP contribution >= 0.6 is 0 Å². The predicted molar refractivity (Wildman–Crippen MR) is 175 cm³/mol. The van der Waals surface area contributed by atoms with Gasteiger partial charge >= 0.3 is 0 Å². The minimum atomic E-state index is -0.215. The van der Waals surface area contributed by atoms with Gasteiger partial charge in [-0.15, -0.1) is 0 Å². The standard InChI is InChI=1S/C36H70N2O2/c1-3-5-7-9-11-13-14-15-16-17-18-19-20-21-22-23-25-27-29-31-35(39)38-33-32-34(36(37)40)30-28-26-24-12-10-8-6-4-2/h15-16,34H,3-14,17-33H2,1-2H3,(H2,37,40)(H,38,39)/b16-15-. The van der Waals surface area contributed by atoms with Crippen LogP contribution in [0.3, 0.4) is 0 Å². The summed E-state index contributed by atoms with van der Waals surface area (Å²) in [5.74, 6) is -0.198. The van der Waals surface area contributed by atoms with Crippen LogP contribution in [0.1, 0.15) is 194 Å². The van der Waals surface area contributed by atoms with Crippen LogP contribution in [0.4, 0.5) is 0 Å². The van der Waals surface area contributed by atoms with E-state index in [2.05, 4.69) is 31.3 Å². The zero-order valence-corrected chi connectivity index (χ0v) is 27.1. The second kappa shape index (κ2) is 32.2. The summed E-state index contributed by atoms with van der Waals surface area (Å²) in [5.41, 5.74) is 5.61. The molecule has 0 aliphatic carbocycles. The van der Waals surface area contributed by atoms with E-state index in [1.807, 2.05) is 0 Å². The van der Waals surface area contributed by atoms with Crippen LogP contribution in [0.25, 0.3) is 0 Å². The molecule has 0 aromatic heterocycles. The van der Waals surface area contributed by atoms with E-state index in [0.717, 1.165) is 25.7 Å². The van der Waals surface area contributed by atoms with E-state index >= 15 is 0 Å². The molecule has 0 heterocycles. The van der Waals surface area contributed by atoms with Crippen molar-refractivity contribution >= 4 is 11.8 Å². The lowest BCUT2D eigenvalue weighted by atomic mass is 9.96. The number of primary amides is 1. The molecule has 1 atom stereocenters. The van der Waals surface area contributed by atoms with Crippen molar-refractivity contribution in [3.63, 3.8) is 0 Å². The highest BCUT2D eigenvalue weighted by molar-refractivity contribution is 5.77. The Hall–Kier alpha value is -1.32. The number of hydrogen-bond acceptors (Lipinski definition) is 2. The maximum Gasteiger partial charge on any atom is 0.220 e. The van der Waals surface area contributed by atoms with Gasteiger partial charge in [0.25, 0.3) is 0 Å². The monoisotopic (exact) mass is 563 g/mol. The molecule has 0 aromatic rings. The van der Waals surface area contributed by atoms with Crippen LogP contribution in [0.5, 0.6) is 0 Å². The number of carbonyl (C=O) groups is 2. The third-order valence-electron chi connectivity index (χ3n) is 8.29. The first-order chi connectivity index (χ1) is 19.6. The Bertz CT molecular complexity index is 575. The summed E-state index contributed by atoms with van der Waals surface area (Å²) in [6.07, 6.45) is 39.2. The summed E-state index contributed by atoms with van der Waals surface area (Å²) >= 11 is 0. The number of hydrogen-bond donors (Lipinski definition) is 2. The molecule has 0 saturated heterocycles. The first-order valence-corrected chi connectivity index (χ1v) is 17.8. The van der Waals surface area contributed by atoms with Crippen LogP contribution in [0.15, 0.2) is 12.2 Å². The van der Waals surface area contributed by atoms with Crippen LogP contribution in [0.2, 0.25) is 0 Å². The largest absolute Gasteiger partial charge is 0.369 e. The Morgan fingerprint density at radius 1 is 0.550 bits per heavy atom. The molecule has 0 radical (unpaired) electrons. The molecule has 0 aliphatic rings. The van der Waals surface area contributed by atoms with Crippen molar-refractivity contribution < 1.29 is 9.59 Å². The molecule has 3 N–H and O–H groups in total. The molecular weight excluding hydrogens is 492 g/mol. The summed E-state index contributed by atoms with van der Waals surface area (Å²) in [7, 11) is 0. The molecule has 0 aliphatic heterocycles. The van der Waals surface area contributed by atoms with E-state index in [1.165, 1.54) is 141 Å². The van der Waals surface area contributed by atoms with Gasteiger partial charge in [-0.05, 0) is 44.9 Å². The first-order valence-electron chi connectivity index (χ1n) is 17.8. The quantitative estimate of drug-likeness (QED) is 0.0632. The number of allylic oxidation sites excluding steroid dienone is 2. The maximum absolute atomic E-state index is 12.2. The molecule has 4 nitrogen and oxygen atoms in total. The third-order valence-corrected chi connectivity index (χ3v) is 8.29. The second-order valence-corrected chi connectivity index (χ2v) is 12.2. The highest BCUT2D eigenvalue weighted by atomic mass is 16.2. The topological polar surface area (TPSA) is 72.2 Å². The highest BCUT2D eigenvalue weighted by Gasteiger charge is 2.15. The number of rotatable bonds is 32. The Morgan fingerprint density at radius 3 is 1.40 bits per heavy atom. The van der Waals surface area contributed by atoms with E-state index in [4.69, 9.17) is 5.73 Å². The van der Waals surface area contributed by atoms with Crippen molar-refractivity contribution in [1.82, 2.24) is 5.32 Å². The molecule has 236 valence electrons. The van der Waals surface area contributed by atoms with E-state index in [0.29, 0.717) is 19.4 Å². The van der Waals surface area contributed by atoms with Gasteiger partial charge in [0.05, 0.1) is 0 Å². The smallest absolute Gasteiger partial charge is 0.220 e. The lowest BCUT2D eigenvalue weighted by molar-refractivity contribution is -0.123. The molecule has 0 saturated carbocycles. The molecule has 0 rings (SSSR count). The van der Waals surface area contributed by atoms with Gasteiger partial charge in [-0.1, -0.05) is 154 Å². The zero-order valence-electron chi connectivity index (χ0n) is 27.1. The normalized spacial score (nSPS) is 12.2. The third kappa shape index (κ3) is 29.7. The molecular formula is C36H70N2O2. The average Bonchev–Trinajstić information content (AvgIpc) is 2.94. The summed E-state index contributed by atoms with van der Waals surface area (Å²) < 4.78 is 0. The minimum Gasteiger partial charge on any atom is -0.369 e. The Morgan fingerprint density at radius 2 is 0.950 bits per heavy atom. The molecule has 0 spiro atoms. The summed E-state index contributed by atoms with van der Waals surface area (Å²) in [5, 5.41) is 3.01. The summed E-state index contributed by atoms with van der Waals surface area (Å²) in [6, 6.07) is 0. The molecule has 0 fully saturated rings. The molecule has 1 unspecified atom stereocenters. The zero-order chi connectivity index (χ0) is 29.4. The Labute approximate surface area is 250 Å². The Kier molecular flexibility index (Phi) is 31.1. The first kappa shape index (κ1) is 38.7. The highest BCUT2D eigenvalue weighted by Crippen LogP contribution is 2.16. The number of carbonyl (C=O) groups excluding carboxylic acids is 2. The van der Waals surface area contributed by atoms with Gasteiger partial charge in [-0.2, -0.15) is 0 Å². The average molecular weight is 563 g/mol. The summed E-state index contributed by atoms with van der Waals surface area (Å²) in [6.45, 7) is 5.09. The molecule has 40 heavy (non-hydrogen) atoms. The van der Waals surface area contributed by atoms with Gasteiger partial charge in [0.1, 0.15) is 0 Å². The van der Waals surface area contributed by atoms with Crippen LogP contribution in [0, 0.1) is 5.92 Å². The Balaban J connectivity index is 3.47. The molecule has 2 amide bonds. The van der Waals surface area contributed by atoms with Gasteiger partial charge in [-0.3, -0.25) is 9.59 Å². The fourth-order valence-electron chi connectivity index (χ4n) is 5.49. The number of unbranched alkanes of at least 4 members (excludes halogenated alkanes) is 22. The van der Waals surface area contributed by atoms with E-state index in [-0.39, 0.29) is 17.7 Å². The van der Waals surface area contributed by atoms with Crippen molar-refractivity contribution in [1.29, 1.82) is 0 Å². The molecule has 0 bridgehead atoms. The van der Waals surface area contributed by atoms with Crippen molar-refractivity contribution in [2.45, 2.75) is 194 Å². The van der Waals surface area contributed by atoms with Crippen molar-refractivity contribution in [2.75, 3.05) is 6.54 Å². The SMILES string of the molecule is CCCCCCCC/C=C\CCCCCCCCCCCC(=O)NCCC(CCCCCCCCCC)C(N)=O. The van der Waals surface area contributed by atoms with Gasteiger partial charge in [0.15, 0.2) is 0 Å². The van der Waals surface area contributed by atoms with Gasteiger partial charge in [0, 0.05) is 18.9 Å². The van der Waals surface area contributed by atoms with E-state index < -0.39 is 0 Å². The number of nitrogens with one attached hydrogen (secondary N) is 1. The van der Waals surface area contributed by atoms with Crippen LogP contribution in [-0.2, 0) is 9.59 Å². The van der Waals surface area contributed by atoms with E-state index in [1.54, 1.807) is 0 Å². The van der Waals surface area contributed by atoms with Gasteiger partial charge in [0.2, 0.25) is 11.8 Å². The fourth-order valence-corrected chi connectivity index (χ4v) is 5.49. The summed E-state index contributed by atoms with van der Waals surface area (Å²) in [4.78, 5) is 23.9. The van der Waals surface area contributed by atoms with Gasteiger partial charge < -0.3 is 11.1 Å². The number of amides is 2. The van der Waals surface area contributed by atoms with Crippen molar-refractivity contribution in [2.24, 2.45) is 11.7 Å². The van der Waals surface area contributed by atoms with Crippen LogP contribution in [-0.4, -0.2) is 18.4 Å². The predicted octanol–water partition coefficient (Wildman–Crippen LogP) is 10.7. The second-order valence-electron chi connectivity index (χ2n) is 12.2. The minimum absolute atomic E-state index is 0.105. The lowest BCUT2D eigenvalue weighted by Gasteiger charge is -2.14. The lowest BCUT2D eigenvalue weighted by Crippen LogP contribution is -2.30. The van der Waals surface area contributed by atoms with Crippen molar-refractivity contribution in [3.8, 4) is 0 Å².